The van der Waals surface area contributed by atoms with E-state index in [-0.39, 0.29) is 5.91 Å². The van der Waals surface area contributed by atoms with Gasteiger partial charge in [-0.2, -0.15) is 0 Å². The summed E-state index contributed by atoms with van der Waals surface area (Å²) in [5, 5.41) is 9.46. The summed E-state index contributed by atoms with van der Waals surface area (Å²) in [7, 11) is 0. The van der Waals surface area contributed by atoms with Crippen molar-refractivity contribution in [2.24, 2.45) is 0 Å². The quantitative estimate of drug-likeness (QED) is 0.398. The number of carbonyl (C=O) groups is 1. The van der Waals surface area contributed by atoms with Crippen LogP contribution in [0.15, 0.2) is 66.7 Å². The fourth-order valence-corrected chi connectivity index (χ4v) is 4.39. The number of hydrogen-bond donors (Lipinski definition) is 0. The van der Waals surface area contributed by atoms with Gasteiger partial charge >= 0.3 is 0 Å². The Kier molecular flexibility index (Phi) is 6.93. The largest absolute Gasteiger partial charge is 0.353 e. The molecule has 9 heteroatoms. The molecule has 160 valence electrons. The summed E-state index contributed by atoms with van der Waals surface area (Å²) in [6, 6.07) is 9.73. The van der Waals surface area contributed by atoms with E-state index >= 15 is 0 Å². The predicted molar refractivity (Wildman–Crippen MR) is 122 cm³/mol. The lowest BCUT2D eigenvalue weighted by Crippen LogP contribution is -2.49. The third-order valence-electron chi connectivity index (χ3n) is 5.12. The van der Waals surface area contributed by atoms with E-state index in [1.54, 1.807) is 30.4 Å². The highest BCUT2D eigenvalue weighted by atomic mass is 32.2. The SMILES string of the molecule is C=CCn1c(SCCC(=O)N2CCN(c3ccccn3)CC2)nnc1-c1ccncc1. The van der Waals surface area contributed by atoms with Crippen LogP contribution in [0.1, 0.15) is 6.42 Å². The first-order chi connectivity index (χ1) is 15.3. The van der Waals surface area contributed by atoms with Crippen molar-refractivity contribution < 1.29 is 4.79 Å². The van der Waals surface area contributed by atoms with E-state index in [1.165, 1.54) is 0 Å². The second-order valence-corrected chi connectivity index (χ2v) is 8.16. The lowest BCUT2D eigenvalue weighted by molar-refractivity contribution is -0.131. The van der Waals surface area contributed by atoms with Crippen molar-refractivity contribution >= 4 is 23.5 Å². The Morgan fingerprint density at radius 1 is 1.06 bits per heavy atom. The van der Waals surface area contributed by atoms with Crippen LogP contribution in [0.25, 0.3) is 11.4 Å². The highest BCUT2D eigenvalue weighted by Gasteiger charge is 2.22. The number of rotatable bonds is 8. The van der Waals surface area contributed by atoms with Crippen molar-refractivity contribution in [3.8, 4) is 11.4 Å². The fraction of sp³-hybridized carbons (Fsp3) is 0.318. The summed E-state index contributed by atoms with van der Waals surface area (Å²) >= 11 is 1.55. The molecule has 1 amide bonds. The monoisotopic (exact) mass is 435 g/mol. The van der Waals surface area contributed by atoms with E-state index < -0.39 is 0 Å². The second-order valence-electron chi connectivity index (χ2n) is 7.10. The average Bonchev–Trinajstić information content (AvgIpc) is 3.23. The standard InChI is InChI=1S/C22H25N7OS/c1-2-12-29-21(18-6-10-23-11-7-18)25-26-22(29)31-17-8-20(30)28-15-13-27(14-16-28)19-5-3-4-9-24-19/h2-7,9-11H,1,8,12-17H2. The molecule has 0 spiro atoms. The summed E-state index contributed by atoms with van der Waals surface area (Å²) in [6.07, 6.45) is 7.57. The van der Waals surface area contributed by atoms with E-state index in [4.69, 9.17) is 0 Å². The van der Waals surface area contributed by atoms with E-state index in [0.717, 1.165) is 48.5 Å². The molecule has 31 heavy (non-hydrogen) atoms. The van der Waals surface area contributed by atoms with Gasteiger partial charge in [-0.25, -0.2) is 4.98 Å². The number of thioether (sulfide) groups is 1. The third kappa shape index (κ3) is 5.11. The van der Waals surface area contributed by atoms with Crippen molar-refractivity contribution in [1.82, 2.24) is 29.6 Å². The smallest absolute Gasteiger partial charge is 0.223 e. The summed E-state index contributed by atoms with van der Waals surface area (Å²) in [6.45, 7) is 7.50. The van der Waals surface area contributed by atoms with Gasteiger partial charge in [0.25, 0.3) is 0 Å². The lowest BCUT2D eigenvalue weighted by atomic mass is 10.2. The molecule has 1 aliphatic heterocycles. The Labute approximate surface area is 186 Å². The van der Waals surface area contributed by atoms with Gasteiger partial charge in [-0.15, -0.1) is 16.8 Å². The van der Waals surface area contributed by atoms with Crippen molar-refractivity contribution in [1.29, 1.82) is 0 Å². The number of amides is 1. The van der Waals surface area contributed by atoms with Crippen molar-refractivity contribution in [3.05, 3.63) is 61.6 Å². The number of aromatic nitrogens is 5. The molecule has 8 nitrogen and oxygen atoms in total. The van der Waals surface area contributed by atoms with Crippen molar-refractivity contribution in [2.75, 3.05) is 36.8 Å². The third-order valence-corrected chi connectivity index (χ3v) is 6.09. The minimum absolute atomic E-state index is 0.178. The molecular weight excluding hydrogens is 410 g/mol. The molecule has 3 aromatic rings. The molecule has 0 bridgehead atoms. The number of anilines is 1. The van der Waals surface area contributed by atoms with E-state index in [2.05, 4.69) is 31.6 Å². The zero-order chi connectivity index (χ0) is 21.5. The summed E-state index contributed by atoms with van der Waals surface area (Å²) in [5.74, 6) is 2.58. The molecule has 4 rings (SSSR count). The van der Waals surface area contributed by atoms with Crippen LogP contribution in [0.4, 0.5) is 5.82 Å². The van der Waals surface area contributed by atoms with Gasteiger partial charge in [0.05, 0.1) is 0 Å². The molecule has 3 aromatic heterocycles. The number of allylic oxidation sites excluding steroid dienone is 1. The molecule has 0 radical (unpaired) electrons. The highest BCUT2D eigenvalue weighted by Crippen LogP contribution is 2.24. The van der Waals surface area contributed by atoms with Gasteiger partial charge in [0, 0.05) is 69.1 Å². The normalized spacial score (nSPS) is 13.9. The molecule has 0 saturated carbocycles. The fourth-order valence-electron chi connectivity index (χ4n) is 3.52. The predicted octanol–water partition coefficient (Wildman–Crippen LogP) is 2.75. The van der Waals surface area contributed by atoms with E-state index in [9.17, 15) is 4.79 Å². The van der Waals surface area contributed by atoms with Crippen LogP contribution in [-0.2, 0) is 11.3 Å². The number of nitrogens with zero attached hydrogens (tertiary/aromatic N) is 7. The maximum absolute atomic E-state index is 12.7. The van der Waals surface area contributed by atoms with Crippen LogP contribution in [-0.4, -0.2) is 67.5 Å². The Morgan fingerprint density at radius 3 is 2.58 bits per heavy atom. The van der Waals surface area contributed by atoms with E-state index in [0.29, 0.717) is 18.7 Å². The molecular formula is C22H25N7OS. The Balaban J connectivity index is 1.30. The molecule has 4 heterocycles. The van der Waals surface area contributed by atoms with Crippen molar-refractivity contribution in [3.63, 3.8) is 0 Å². The molecule has 1 aliphatic rings. The highest BCUT2D eigenvalue weighted by molar-refractivity contribution is 7.99. The van der Waals surface area contributed by atoms with Gasteiger partial charge < -0.3 is 9.80 Å². The van der Waals surface area contributed by atoms with Crippen LogP contribution in [0, 0.1) is 0 Å². The second kappa shape index (κ2) is 10.2. The molecule has 1 saturated heterocycles. The first-order valence-corrected chi connectivity index (χ1v) is 11.3. The van der Waals surface area contributed by atoms with Crippen LogP contribution >= 0.6 is 11.8 Å². The van der Waals surface area contributed by atoms with Gasteiger partial charge in [0.15, 0.2) is 11.0 Å². The Morgan fingerprint density at radius 2 is 1.87 bits per heavy atom. The van der Waals surface area contributed by atoms with Gasteiger partial charge in [-0.1, -0.05) is 23.9 Å². The van der Waals surface area contributed by atoms with Gasteiger partial charge in [0.2, 0.25) is 5.91 Å². The number of piperazine rings is 1. The zero-order valence-electron chi connectivity index (χ0n) is 17.3. The number of hydrogen-bond acceptors (Lipinski definition) is 7. The lowest BCUT2D eigenvalue weighted by Gasteiger charge is -2.35. The minimum Gasteiger partial charge on any atom is -0.353 e. The zero-order valence-corrected chi connectivity index (χ0v) is 18.1. The first kappa shape index (κ1) is 21.0. The summed E-state index contributed by atoms with van der Waals surface area (Å²) in [4.78, 5) is 25.3. The van der Waals surface area contributed by atoms with Crippen molar-refractivity contribution in [2.45, 2.75) is 18.1 Å². The number of pyridine rings is 2. The number of carbonyl (C=O) groups excluding carboxylic acids is 1. The van der Waals surface area contributed by atoms with Crippen LogP contribution < -0.4 is 4.90 Å². The Bertz CT molecular complexity index is 1000. The maximum Gasteiger partial charge on any atom is 0.223 e. The van der Waals surface area contributed by atoms with Crippen LogP contribution in [0.5, 0.6) is 0 Å². The molecule has 0 atom stereocenters. The molecule has 1 fully saturated rings. The molecule has 0 N–H and O–H groups in total. The van der Waals surface area contributed by atoms with Crippen LogP contribution in [0.3, 0.4) is 0 Å². The van der Waals surface area contributed by atoms with Gasteiger partial charge in [-0.05, 0) is 24.3 Å². The van der Waals surface area contributed by atoms with Gasteiger partial charge in [0.1, 0.15) is 5.82 Å². The average molecular weight is 436 g/mol. The Hall–Kier alpha value is -3.20. The summed E-state index contributed by atoms with van der Waals surface area (Å²) < 4.78 is 2.02. The minimum atomic E-state index is 0.178. The first-order valence-electron chi connectivity index (χ1n) is 10.3. The molecule has 0 aliphatic carbocycles. The van der Waals surface area contributed by atoms with Gasteiger partial charge in [-0.3, -0.25) is 14.3 Å². The molecule has 0 unspecified atom stereocenters. The topological polar surface area (TPSA) is 80.0 Å². The molecule has 0 aromatic carbocycles. The summed E-state index contributed by atoms with van der Waals surface area (Å²) in [5.41, 5.74) is 0.957. The maximum atomic E-state index is 12.7. The van der Waals surface area contributed by atoms with Crippen LogP contribution in [0.2, 0.25) is 0 Å². The van der Waals surface area contributed by atoms with E-state index in [1.807, 2.05) is 45.9 Å².